The van der Waals surface area contributed by atoms with E-state index in [4.69, 9.17) is 0 Å². The van der Waals surface area contributed by atoms with Crippen LogP contribution in [0.2, 0.25) is 0 Å². The van der Waals surface area contributed by atoms with Crippen molar-refractivity contribution in [2.45, 2.75) is 18.9 Å². The summed E-state index contributed by atoms with van der Waals surface area (Å²) in [5.41, 5.74) is 1.19. The lowest BCUT2D eigenvalue weighted by Crippen LogP contribution is -2.35. The van der Waals surface area contributed by atoms with E-state index in [1.54, 1.807) is 12.1 Å². The monoisotopic (exact) mass is 259 g/mol. The highest BCUT2D eigenvalue weighted by atomic mass is 16.2. The van der Waals surface area contributed by atoms with Gasteiger partial charge in [0.1, 0.15) is 0 Å². The molecule has 1 unspecified atom stereocenters. The lowest BCUT2D eigenvalue weighted by molar-refractivity contribution is -0.117. The number of carbonyl (C=O) groups is 3. The van der Waals surface area contributed by atoms with Crippen molar-refractivity contribution in [2.24, 2.45) is 0 Å². The number of hydrogen-bond donors (Lipinski definition) is 3. The van der Waals surface area contributed by atoms with Crippen molar-refractivity contribution in [2.75, 3.05) is 11.9 Å². The van der Waals surface area contributed by atoms with E-state index in [0.717, 1.165) is 19.4 Å². The fourth-order valence-corrected chi connectivity index (χ4v) is 2.38. The Morgan fingerprint density at radius 3 is 2.74 bits per heavy atom. The fraction of sp³-hybridized carbons (Fsp3) is 0.308. The van der Waals surface area contributed by atoms with Crippen molar-refractivity contribution >= 4 is 23.4 Å². The molecule has 3 N–H and O–H groups in total. The van der Waals surface area contributed by atoms with Crippen molar-refractivity contribution in [3.8, 4) is 0 Å². The molecule has 6 nitrogen and oxygen atoms in total. The maximum atomic E-state index is 11.9. The highest BCUT2D eigenvalue weighted by molar-refractivity contribution is 6.22. The summed E-state index contributed by atoms with van der Waals surface area (Å²) < 4.78 is 0. The molecule has 1 atom stereocenters. The molecule has 19 heavy (non-hydrogen) atoms. The summed E-state index contributed by atoms with van der Waals surface area (Å²) >= 11 is 0. The second-order valence-corrected chi connectivity index (χ2v) is 4.68. The summed E-state index contributed by atoms with van der Waals surface area (Å²) in [6.45, 7) is 0.846. The molecule has 1 aromatic rings. The molecule has 1 aromatic carbocycles. The molecule has 0 bridgehead atoms. The Balaban J connectivity index is 1.79. The standard InChI is InChI=1S/C13H13N3O3/c17-11-8-4-3-7(6-9(8)12(18)16-11)15-13(19)10-2-1-5-14-10/h3-4,6,10,14H,1-2,5H2,(H,15,19)(H,16,17,18). The average Bonchev–Trinajstić information content (AvgIpc) is 2.99. The Morgan fingerprint density at radius 2 is 2.00 bits per heavy atom. The molecular formula is C13H13N3O3. The van der Waals surface area contributed by atoms with Crippen LogP contribution in [-0.2, 0) is 4.79 Å². The smallest absolute Gasteiger partial charge is 0.259 e. The molecule has 2 aliphatic heterocycles. The zero-order valence-electron chi connectivity index (χ0n) is 10.2. The predicted octanol–water partition coefficient (Wildman–Crippen LogP) is 0.261. The molecule has 6 heteroatoms. The lowest BCUT2D eigenvalue weighted by Gasteiger charge is -2.11. The van der Waals surface area contributed by atoms with Gasteiger partial charge in [0.2, 0.25) is 5.91 Å². The predicted molar refractivity (Wildman–Crippen MR) is 67.9 cm³/mol. The third-order valence-electron chi connectivity index (χ3n) is 3.38. The molecule has 2 heterocycles. The number of benzene rings is 1. The van der Waals surface area contributed by atoms with Crippen molar-refractivity contribution in [3.63, 3.8) is 0 Å². The maximum absolute atomic E-state index is 11.9. The highest BCUT2D eigenvalue weighted by Gasteiger charge is 2.27. The molecule has 0 aromatic heterocycles. The van der Waals surface area contributed by atoms with Gasteiger partial charge >= 0.3 is 0 Å². The normalized spacial score (nSPS) is 21.2. The van der Waals surface area contributed by atoms with Gasteiger partial charge in [-0.2, -0.15) is 0 Å². The zero-order chi connectivity index (χ0) is 13.4. The SMILES string of the molecule is O=C1NC(=O)c2cc(NC(=O)C3CCCN3)ccc21. The number of amides is 3. The van der Waals surface area contributed by atoms with Crippen LogP contribution in [0.5, 0.6) is 0 Å². The molecule has 1 saturated heterocycles. The van der Waals surface area contributed by atoms with E-state index in [9.17, 15) is 14.4 Å². The fourth-order valence-electron chi connectivity index (χ4n) is 2.38. The number of hydrogen-bond acceptors (Lipinski definition) is 4. The first kappa shape index (κ1) is 11.9. The van der Waals surface area contributed by atoms with E-state index in [0.29, 0.717) is 16.8 Å². The van der Waals surface area contributed by atoms with E-state index >= 15 is 0 Å². The number of rotatable bonds is 2. The summed E-state index contributed by atoms with van der Waals surface area (Å²) in [4.78, 5) is 34.8. The molecule has 3 amide bonds. The van der Waals surface area contributed by atoms with Crippen LogP contribution in [-0.4, -0.2) is 30.3 Å². The molecule has 2 aliphatic rings. The summed E-state index contributed by atoms with van der Waals surface area (Å²) in [7, 11) is 0. The number of imide groups is 1. The van der Waals surface area contributed by atoms with E-state index in [1.165, 1.54) is 6.07 Å². The average molecular weight is 259 g/mol. The number of carbonyl (C=O) groups excluding carboxylic acids is 3. The van der Waals surface area contributed by atoms with Gasteiger partial charge in [-0.05, 0) is 37.6 Å². The quantitative estimate of drug-likeness (QED) is 0.665. The largest absolute Gasteiger partial charge is 0.325 e. The molecule has 3 rings (SSSR count). The van der Waals surface area contributed by atoms with E-state index < -0.39 is 11.8 Å². The molecular weight excluding hydrogens is 246 g/mol. The maximum Gasteiger partial charge on any atom is 0.259 e. The van der Waals surface area contributed by atoms with Gasteiger partial charge in [-0.3, -0.25) is 19.7 Å². The van der Waals surface area contributed by atoms with Crippen molar-refractivity contribution in [1.29, 1.82) is 0 Å². The first-order valence-electron chi connectivity index (χ1n) is 6.19. The lowest BCUT2D eigenvalue weighted by atomic mass is 10.1. The molecule has 0 saturated carbocycles. The van der Waals surface area contributed by atoms with E-state index in [1.807, 2.05) is 0 Å². The Hall–Kier alpha value is -2.21. The van der Waals surface area contributed by atoms with Crippen LogP contribution >= 0.6 is 0 Å². The van der Waals surface area contributed by atoms with Gasteiger partial charge in [0.25, 0.3) is 11.8 Å². The van der Waals surface area contributed by atoms with Crippen LogP contribution in [0.4, 0.5) is 5.69 Å². The zero-order valence-corrected chi connectivity index (χ0v) is 10.2. The van der Waals surface area contributed by atoms with Crippen LogP contribution in [0, 0.1) is 0 Å². The van der Waals surface area contributed by atoms with Gasteiger partial charge in [-0.15, -0.1) is 0 Å². The third-order valence-corrected chi connectivity index (χ3v) is 3.38. The van der Waals surface area contributed by atoms with Crippen molar-refractivity contribution < 1.29 is 14.4 Å². The minimum Gasteiger partial charge on any atom is -0.325 e. The van der Waals surface area contributed by atoms with Gasteiger partial charge in [0.05, 0.1) is 17.2 Å². The Morgan fingerprint density at radius 1 is 1.21 bits per heavy atom. The van der Waals surface area contributed by atoms with Gasteiger partial charge in [0, 0.05) is 5.69 Å². The first-order chi connectivity index (χ1) is 9.15. The summed E-state index contributed by atoms with van der Waals surface area (Å²) in [5.74, 6) is -0.924. The van der Waals surface area contributed by atoms with Crippen LogP contribution in [0.15, 0.2) is 18.2 Å². The van der Waals surface area contributed by atoms with Crippen LogP contribution in [0.1, 0.15) is 33.6 Å². The second-order valence-electron chi connectivity index (χ2n) is 4.68. The molecule has 98 valence electrons. The first-order valence-corrected chi connectivity index (χ1v) is 6.19. The van der Waals surface area contributed by atoms with Crippen LogP contribution < -0.4 is 16.0 Å². The Kier molecular flexibility index (Phi) is 2.79. The highest BCUT2D eigenvalue weighted by Crippen LogP contribution is 2.20. The minimum atomic E-state index is -0.421. The summed E-state index contributed by atoms with van der Waals surface area (Å²) in [6.07, 6.45) is 1.80. The number of anilines is 1. The topological polar surface area (TPSA) is 87.3 Å². The molecule has 0 spiro atoms. The molecule has 0 aliphatic carbocycles. The van der Waals surface area contributed by atoms with Crippen LogP contribution in [0.3, 0.4) is 0 Å². The van der Waals surface area contributed by atoms with E-state index in [-0.39, 0.29) is 11.9 Å². The van der Waals surface area contributed by atoms with Crippen LogP contribution in [0.25, 0.3) is 0 Å². The minimum absolute atomic E-state index is 0.109. The number of fused-ring (bicyclic) bond motifs is 1. The molecule has 0 radical (unpaired) electrons. The van der Waals surface area contributed by atoms with E-state index in [2.05, 4.69) is 16.0 Å². The molecule has 1 fully saturated rings. The summed E-state index contributed by atoms with van der Waals surface area (Å²) in [6, 6.07) is 4.53. The third kappa shape index (κ3) is 2.10. The Bertz CT molecular complexity index is 576. The van der Waals surface area contributed by atoms with Gasteiger partial charge < -0.3 is 10.6 Å². The van der Waals surface area contributed by atoms with Crippen molar-refractivity contribution in [1.82, 2.24) is 10.6 Å². The van der Waals surface area contributed by atoms with Gasteiger partial charge in [-0.25, -0.2) is 0 Å². The van der Waals surface area contributed by atoms with Crippen molar-refractivity contribution in [3.05, 3.63) is 29.3 Å². The van der Waals surface area contributed by atoms with Gasteiger partial charge in [-0.1, -0.05) is 0 Å². The second kappa shape index (κ2) is 4.47. The van der Waals surface area contributed by atoms with Gasteiger partial charge in [0.15, 0.2) is 0 Å². The summed E-state index contributed by atoms with van der Waals surface area (Å²) in [5, 5.41) is 8.07. The number of nitrogens with one attached hydrogen (secondary N) is 3. The Labute approximate surface area is 109 Å².